The summed E-state index contributed by atoms with van der Waals surface area (Å²) >= 11 is 0. The molecule has 3 N–H and O–H groups in total. The molecule has 10 heteroatoms. The minimum Gasteiger partial charge on any atom is -0.453 e. The van der Waals surface area contributed by atoms with Gasteiger partial charge in [-0.05, 0) is 55.7 Å². The molecule has 0 amide bonds. The van der Waals surface area contributed by atoms with Gasteiger partial charge in [-0.3, -0.25) is 0 Å². The van der Waals surface area contributed by atoms with E-state index >= 15 is 0 Å². The van der Waals surface area contributed by atoms with E-state index in [0.717, 1.165) is 29.7 Å². The monoisotopic (exact) mass is 472 g/mol. The lowest BCUT2D eigenvalue weighted by Crippen LogP contribution is -2.13. The first-order valence-corrected chi connectivity index (χ1v) is 10.8. The van der Waals surface area contributed by atoms with Crippen molar-refractivity contribution >= 4 is 28.0 Å². The van der Waals surface area contributed by atoms with E-state index in [-0.39, 0.29) is 12.5 Å². The van der Waals surface area contributed by atoms with Gasteiger partial charge in [0.05, 0.1) is 24.8 Å². The van der Waals surface area contributed by atoms with Gasteiger partial charge in [-0.2, -0.15) is 13.2 Å². The highest BCUT2D eigenvalue weighted by molar-refractivity contribution is 5.99. The third-order valence-electron chi connectivity index (χ3n) is 5.89. The summed E-state index contributed by atoms with van der Waals surface area (Å²) in [4.78, 5) is 9.12. The van der Waals surface area contributed by atoms with Gasteiger partial charge in [-0.1, -0.05) is 6.08 Å². The minimum absolute atomic E-state index is 0.0410. The average molecular weight is 472 g/mol. The molecule has 0 bridgehead atoms. The summed E-state index contributed by atoms with van der Waals surface area (Å²) in [6.07, 6.45) is -1.77. The first-order valence-electron chi connectivity index (χ1n) is 10.8. The molecule has 0 saturated heterocycles. The van der Waals surface area contributed by atoms with Crippen molar-refractivity contribution in [2.24, 2.45) is 0 Å². The molecule has 34 heavy (non-hydrogen) atoms. The second kappa shape index (κ2) is 8.35. The van der Waals surface area contributed by atoms with Crippen LogP contribution in [0.25, 0.3) is 16.5 Å². The van der Waals surface area contributed by atoms with Gasteiger partial charge in [-0.25, -0.2) is 9.97 Å². The van der Waals surface area contributed by atoms with Crippen LogP contribution in [0.15, 0.2) is 30.3 Å². The lowest BCUT2D eigenvalue weighted by Gasteiger charge is -2.20. The Morgan fingerprint density at radius 3 is 2.62 bits per heavy atom. The third-order valence-corrected chi connectivity index (χ3v) is 5.89. The summed E-state index contributed by atoms with van der Waals surface area (Å²) in [5, 5.41) is 3.94. The molecule has 5 rings (SSSR count). The van der Waals surface area contributed by atoms with Gasteiger partial charge >= 0.3 is 6.18 Å². The topological polar surface area (TPSA) is 91.5 Å². The second-order valence-corrected chi connectivity index (χ2v) is 8.31. The molecule has 0 unspecified atom stereocenters. The summed E-state index contributed by atoms with van der Waals surface area (Å²) in [7, 11) is 0. The molecule has 3 heterocycles. The molecule has 178 valence electrons. The van der Waals surface area contributed by atoms with Crippen LogP contribution < -0.4 is 20.5 Å². The molecule has 3 aromatic rings. The van der Waals surface area contributed by atoms with Crippen molar-refractivity contribution in [3.05, 3.63) is 52.9 Å². The Morgan fingerprint density at radius 1 is 1.09 bits per heavy atom. The number of hydrogen-bond acceptors (Lipinski definition) is 7. The number of hydrogen-bond donors (Lipinski definition) is 2. The van der Waals surface area contributed by atoms with Crippen LogP contribution in [0.4, 0.5) is 24.7 Å². The number of ether oxygens (including phenoxy) is 3. The van der Waals surface area contributed by atoms with Crippen molar-refractivity contribution in [3.8, 4) is 11.5 Å². The number of anilines is 2. The van der Waals surface area contributed by atoms with Crippen LogP contribution in [0, 0.1) is 6.92 Å². The SMILES string of the molecule is Cc1nc(N[C@H](C)c2cc(N)cc(C(F)(F)F)c2)c2cc(C3=CCOCC3)c3c(c2n1)OCO3. The van der Waals surface area contributed by atoms with E-state index in [2.05, 4.69) is 15.3 Å². The number of benzene rings is 2. The highest BCUT2D eigenvalue weighted by atomic mass is 19.4. The minimum atomic E-state index is -4.49. The fraction of sp³-hybridized carbons (Fsp3) is 0.333. The molecule has 2 aliphatic heterocycles. The number of nitrogens with zero attached hydrogens (tertiary/aromatic N) is 2. The summed E-state index contributed by atoms with van der Waals surface area (Å²) in [5.41, 5.74) is 7.92. The van der Waals surface area contributed by atoms with Crippen molar-refractivity contribution in [1.29, 1.82) is 0 Å². The maximum Gasteiger partial charge on any atom is 0.416 e. The van der Waals surface area contributed by atoms with Crippen LogP contribution in [-0.4, -0.2) is 30.0 Å². The number of nitrogens with two attached hydrogens (primary N) is 1. The normalized spacial score (nSPS) is 16.4. The Hall–Kier alpha value is -3.53. The standard InChI is InChI=1S/C24H23F3N4O3/c1-12(15-7-16(24(25,26)27)9-17(28)8-15)29-23-19-10-18(14-3-5-32-6-4-14)21-22(34-11-33-21)20(19)30-13(2)31-23/h3,7-10,12H,4-6,11,28H2,1-2H3,(H,29,30,31)/t12-/m1/s1. The average Bonchev–Trinajstić information content (AvgIpc) is 3.28. The van der Waals surface area contributed by atoms with Crippen molar-refractivity contribution < 1.29 is 27.4 Å². The van der Waals surface area contributed by atoms with Gasteiger partial charge in [0, 0.05) is 16.6 Å². The molecule has 1 atom stereocenters. The van der Waals surface area contributed by atoms with Gasteiger partial charge in [0.15, 0.2) is 11.5 Å². The fourth-order valence-electron chi connectivity index (χ4n) is 4.25. The summed E-state index contributed by atoms with van der Waals surface area (Å²) in [6.45, 7) is 4.69. The molecule has 2 aliphatic rings. The van der Waals surface area contributed by atoms with Crippen LogP contribution in [0.3, 0.4) is 0 Å². The van der Waals surface area contributed by atoms with Crippen molar-refractivity contribution in [3.63, 3.8) is 0 Å². The number of nitrogens with one attached hydrogen (secondary N) is 1. The number of nitrogen functional groups attached to an aromatic ring is 1. The summed E-state index contributed by atoms with van der Waals surface area (Å²) in [5.74, 6) is 2.13. The number of aromatic nitrogens is 2. The van der Waals surface area contributed by atoms with Gasteiger partial charge in [-0.15, -0.1) is 0 Å². The van der Waals surface area contributed by atoms with E-state index in [1.807, 2.05) is 12.1 Å². The van der Waals surface area contributed by atoms with Crippen LogP contribution in [0.1, 0.15) is 41.9 Å². The number of rotatable bonds is 4. The molecular weight excluding hydrogens is 449 g/mol. The first kappa shape index (κ1) is 22.3. The Morgan fingerprint density at radius 2 is 1.88 bits per heavy atom. The molecule has 0 fully saturated rings. The van der Waals surface area contributed by atoms with Gasteiger partial charge in [0.1, 0.15) is 17.2 Å². The fourth-order valence-corrected chi connectivity index (χ4v) is 4.25. The van der Waals surface area contributed by atoms with E-state index in [1.165, 1.54) is 6.07 Å². The van der Waals surface area contributed by atoms with E-state index in [0.29, 0.717) is 52.8 Å². The van der Waals surface area contributed by atoms with Crippen LogP contribution in [0.2, 0.25) is 0 Å². The molecule has 0 spiro atoms. The number of alkyl halides is 3. The van der Waals surface area contributed by atoms with Crippen molar-refractivity contribution in [2.75, 3.05) is 31.1 Å². The molecule has 0 saturated carbocycles. The predicted octanol–water partition coefficient (Wildman–Crippen LogP) is 5.24. The number of aryl methyl sites for hydroxylation is 1. The lowest BCUT2D eigenvalue weighted by molar-refractivity contribution is -0.137. The Bertz CT molecular complexity index is 1310. The zero-order chi connectivity index (χ0) is 24.0. The summed E-state index contributed by atoms with van der Waals surface area (Å²) < 4.78 is 56.9. The maximum absolute atomic E-state index is 13.3. The Kier molecular flexibility index (Phi) is 5.47. The predicted molar refractivity (Wildman–Crippen MR) is 122 cm³/mol. The van der Waals surface area contributed by atoms with Crippen molar-refractivity contribution in [2.45, 2.75) is 32.5 Å². The molecule has 2 aromatic carbocycles. The first-order chi connectivity index (χ1) is 16.2. The molecule has 0 aliphatic carbocycles. The van der Waals surface area contributed by atoms with Gasteiger partial charge < -0.3 is 25.3 Å². The Labute approximate surface area is 193 Å². The largest absolute Gasteiger partial charge is 0.453 e. The number of fused-ring (bicyclic) bond motifs is 3. The van der Waals surface area contributed by atoms with E-state index < -0.39 is 17.8 Å². The molecule has 1 aromatic heterocycles. The molecular formula is C24H23F3N4O3. The molecule has 0 radical (unpaired) electrons. The van der Waals surface area contributed by atoms with Gasteiger partial charge in [0.25, 0.3) is 0 Å². The van der Waals surface area contributed by atoms with E-state index in [4.69, 9.17) is 19.9 Å². The zero-order valence-corrected chi connectivity index (χ0v) is 18.6. The highest BCUT2D eigenvalue weighted by Crippen LogP contribution is 2.46. The smallest absolute Gasteiger partial charge is 0.416 e. The highest BCUT2D eigenvalue weighted by Gasteiger charge is 2.32. The lowest BCUT2D eigenvalue weighted by atomic mass is 9.97. The van der Waals surface area contributed by atoms with Gasteiger partial charge in [0.2, 0.25) is 6.79 Å². The maximum atomic E-state index is 13.3. The quantitative estimate of drug-likeness (QED) is 0.502. The second-order valence-electron chi connectivity index (χ2n) is 8.31. The summed E-state index contributed by atoms with van der Waals surface area (Å²) in [6, 6.07) is 4.97. The van der Waals surface area contributed by atoms with E-state index in [9.17, 15) is 13.2 Å². The van der Waals surface area contributed by atoms with Crippen LogP contribution in [0.5, 0.6) is 11.5 Å². The zero-order valence-electron chi connectivity index (χ0n) is 18.6. The van der Waals surface area contributed by atoms with Crippen molar-refractivity contribution in [1.82, 2.24) is 9.97 Å². The Balaban J connectivity index is 1.60. The molecule has 7 nitrogen and oxygen atoms in total. The van der Waals surface area contributed by atoms with Crippen LogP contribution in [-0.2, 0) is 10.9 Å². The number of halogens is 3. The third kappa shape index (κ3) is 4.09. The van der Waals surface area contributed by atoms with E-state index in [1.54, 1.807) is 13.8 Å². The van der Waals surface area contributed by atoms with Crippen LogP contribution >= 0.6 is 0 Å².